The smallest absolute Gasteiger partial charge is 0.189 e. The third-order valence-electron chi connectivity index (χ3n) is 1.80. The van der Waals surface area contributed by atoms with Gasteiger partial charge in [-0.2, -0.15) is 0 Å². The average molecular weight is 158 g/mol. The average Bonchev–Trinajstić information content (AvgIpc) is 2.68. The molecule has 3 heteroatoms. The molecule has 0 aromatic heterocycles. The van der Waals surface area contributed by atoms with E-state index in [4.69, 9.17) is 14.6 Å². The first kappa shape index (κ1) is 8.56. The van der Waals surface area contributed by atoms with Crippen LogP contribution in [0, 0.1) is 0 Å². The summed E-state index contributed by atoms with van der Waals surface area (Å²) in [5.41, 5.74) is 0.0374. The van der Waals surface area contributed by atoms with E-state index in [0.29, 0.717) is 5.76 Å². The maximum absolute atomic E-state index is 8.50. The van der Waals surface area contributed by atoms with Gasteiger partial charge < -0.3 is 14.6 Å². The van der Waals surface area contributed by atoms with Crippen molar-refractivity contribution < 1.29 is 14.6 Å². The van der Waals surface area contributed by atoms with Crippen molar-refractivity contribution in [1.29, 1.82) is 0 Å². The molecule has 1 aliphatic rings. The Morgan fingerprint density at radius 2 is 2.27 bits per heavy atom. The molecular formula is C8H14O3. The van der Waals surface area contributed by atoms with Crippen LogP contribution < -0.4 is 0 Å². The van der Waals surface area contributed by atoms with Gasteiger partial charge in [-0.05, 0) is 19.8 Å². The summed E-state index contributed by atoms with van der Waals surface area (Å²) in [6.07, 6.45) is 2.20. The van der Waals surface area contributed by atoms with E-state index in [1.54, 1.807) is 0 Å². The van der Waals surface area contributed by atoms with E-state index in [-0.39, 0.29) is 19.0 Å². The van der Waals surface area contributed by atoms with Crippen LogP contribution >= 0.6 is 0 Å². The molecule has 64 valence electrons. The standard InChI is InChI=1S/C8H14O3/c1-7(5-9)10-6-11-8(2)3-4-8/h9H,1,3-6H2,2H3. The van der Waals surface area contributed by atoms with Gasteiger partial charge in [0, 0.05) is 0 Å². The van der Waals surface area contributed by atoms with E-state index in [0.717, 1.165) is 12.8 Å². The van der Waals surface area contributed by atoms with Crippen LogP contribution in [0.2, 0.25) is 0 Å². The van der Waals surface area contributed by atoms with Crippen molar-refractivity contribution in [2.45, 2.75) is 25.4 Å². The van der Waals surface area contributed by atoms with Crippen LogP contribution in [0.5, 0.6) is 0 Å². The van der Waals surface area contributed by atoms with Gasteiger partial charge in [-0.25, -0.2) is 0 Å². The van der Waals surface area contributed by atoms with Gasteiger partial charge in [0.2, 0.25) is 0 Å². The first-order chi connectivity index (χ1) is 5.16. The van der Waals surface area contributed by atoms with Crippen LogP contribution in [0.1, 0.15) is 19.8 Å². The molecule has 0 spiro atoms. The molecule has 0 aromatic carbocycles. The molecule has 1 N–H and O–H groups in total. The second kappa shape index (κ2) is 3.24. The van der Waals surface area contributed by atoms with Crippen molar-refractivity contribution in [3.05, 3.63) is 12.3 Å². The summed E-state index contributed by atoms with van der Waals surface area (Å²) < 4.78 is 10.3. The fraction of sp³-hybridized carbons (Fsp3) is 0.750. The zero-order valence-corrected chi connectivity index (χ0v) is 6.80. The SMILES string of the molecule is C=C(CO)OCOC1(C)CC1. The molecule has 11 heavy (non-hydrogen) atoms. The van der Waals surface area contributed by atoms with E-state index >= 15 is 0 Å². The molecule has 0 radical (unpaired) electrons. The van der Waals surface area contributed by atoms with Gasteiger partial charge in [-0.3, -0.25) is 0 Å². The van der Waals surface area contributed by atoms with Crippen LogP contribution in [0.15, 0.2) is 12.3 Å². The Balaban J connectivity index is 2.00. The lowest BCUT2D eigenvalue weighted by molar-refractivity contribution is -0.0759. The molecule has 0 aromatic rings. The maximum Gasteiger partial charge on any atom is 0.189 e. The fourth-order valence-corrected chi connectivity index (χ4v) is 0.621. The number of aliphatic hydroxyl groups excluding tert-OH is 1. The van der Waals surface area contributed by atoms with E-state index in [1.807, 2.05) is 6.92 Å². The normalized spacial score (nSPS) is 19.5. The molecule has 3 nitrogen and oxygen atoms in total. The van der Waals surface area contributed by atoms with E-state index in [2.05, 4.69) is 6.58 Å². The molecule has 0 amide bonds. The molecule has 1 rings (SSSR count). The van der Waals surface area contributed by atoms with Crippen molar-refractivity contribution in [1.82, 2.24) is 0 Å². The van der Waals surface area contributed by atoms with Crippen molar-refractivity contribution in [3.63, 3.8) is 0 Å². The monoisotopic (exact) mass is 158 g/mol. The highest BCUT2D eigenvalue weighted by Gasteiger charge is 2.38. The maximum atomic E-state index is 8.50. The third-order valence-corrected chi connectivity index (χ3v) is 1.80. The van der Waals surface area contributed by atoms with Gasteiger partial charge >= 0.3 is 0 Å². The van der Waals surface area contributed by atoms with Crippen molar-refractivity contribution in [2.75, 3.05) is 13.4 Å². The second-order valence-corrected chi connectivity index (χ2v) is 3.05. The molecule has 0 unspecified atom stereocenters. The van der Waals surface area contributed by atoms with Gasteiger partial charge in [-0.15, -0.1) is 0 Å². The summed E-state index contributed by atoms with van der Waals surface area (Å²) in [6, 6.07) is 0. The van der Waals surface area contributed by atoms with E-state index < -0.39 is 0 Å². The van der Waals surface area contributed by atoms with Gasteiger partial charge in [-0.1, -0.05) is 6.58 Å². The summed E-state index contributed by atoms with van der Waals surface area (Å²) in [5, 5.41) is 8.50. The van der Waals surface area contributed by atoms with Gasteiger partial charge in [0.05, 0.1) is 12.2 Å². The minimum Gasteiger partial charge on any atom is -0.470 e. The Morgan fingerprint density at radius 3 is 2.73 bits per heavy atom. The lowest BCUT2D eigenvalue weighted by atomic mass is 10.4. The summed E-state index contributed by atoms with van der Waals surface area (Å²) in [4.78, 5) is 0. The summed E-state index contributed by atoms with van der Waals surface area (Å²) in [6.45, 7) is 5.57. The first-order valence-corrected chi connectivity index (χ1v) is 3.72. The predicted octanol–water partition coefficient (Wildman–Crippen LogP) is 1.04. The van der Waals surface area contributed by atoms with Gasteiger partial charge in [0.25, 0.3) is 0 Å². The third kappa shape index (κ3) is 2.91. The molecule has 0 bridgehead atoms. The van der Waals surface area contributed by atoms with Crippen molar-refractivity contribution in [2.24, 2.45) is 0 Å². The summed E-state index contributed by atoms with van der Waals surface area (Å²) in [5.74, 6) is 0.356. The molecule has 1 fully saturated rings. The second-order valence-electron chi connectivity index (χ2n) is 3.05. The number of rotatable bonds is 5. The fourth-order valence-electron chi connectivity index (χ4n) is 0.621. The Bertz CT molecular complexity index is 149. The lowest BCUT2D eigenvalue weighted by Gasteiger charge is -2.11. The molecular weight excluding hydrogens is 144 g/mol. The highest BCUT2D eigenvalue weighted by atomic mass is 16.7. The van der Waals surface area contributed by atoms with Crippen LogP contribution in [-0.4, -0.2) is 24.1 Å². The van der Waals surface area contributed by atoms with Gasteiger partial charge in [0.1, 0.15) is 5.76 Å². The lowest BCUT2D eigenvalue weighted by Crippen LogP contribution is -2.12. The number of aliphatic hydroxyl groups is 1. The summed E-state index contributed by atoms with van der Waals surface area (Å²) >= 11 is 0. The molecule has 0 aliphatic heterocycles. The van der Waals surface area contributed by atoms with E-state index in [1.165, 1.54) is 0 Å². The van der Waals surface area contributed by atoms with Crippen molar-refractivity contribution >= 4 is 0 Å². The van der Waals surface area contributed by atoms with Crippen LogP contribution in [0.3, 0.4) is 0 Å². The highest BCUT2D eigenvalue weighted by Crippen LogP contribution is 2.38. The predicted molar refractivity (Wildman–Crippen MR) is 40.9 cm³/mol. The Hall–Kier alpha value is -0.540. The quantitative estimate of drug-likeness (QED) is 0.480. The number of hydrogen-bond acceptors (Lipinski definition) is 3. The molecule has 1 saturated carbocycles. The number of hydrogen-bond donors (Lipinski definition) is 1. The molecule has 0 heterocycles. The largest absolute Gasteiger partial charge is 0.470 e. The van der Waals surface area contributed by atoms with Crippen LogP contribution in [0.4, 0.5) is 0 Å². The zero-order chi connectivity index (χ0) is 8.32. The Labute approximate surface area is 66.6 Å². The molecule has 1 aliphatic carbocycles. The van der Waals surface area contributed by atoms with Crippen LogP contribution in [-0.2, 0) is 9.47 Å². The minimum atomic E-state index is -0.139. The van der Waals surface area contributed by atoms with Crippen LogP contribution in [0.25, 0.3) is 0 Å². The van der Waals surface area contributed by atoms with Crippen molar-refractivity contribution in [3.8, 4) is 0 Å². The minimum absolute atomic E-state index is 0.0374. The van der Waals surface area contributed by atoms with Gasteiger partial charge in [0.15, 0.2) is 6.79 Å². The highest BCUT2D eigenvalue weighted by molar-refractivity contribution is 4.90. The van der Waals surface area contributed by atoms with E-state index in [9.17, 15) is 0 Å². The topological polar surface area (TPSA) is 38.7 Å². The first-order valence-electron chi connectivity index (χ1n) is 3.72. The summed E-state index contributed by atoms with van der Waals surface area (Å²) in [7, 11) is 0. The zero-order valence-electron chi connectivity index (χ0n) is 6.80. The Morgan fingerprint density at radius 1 is 1.64 bits per heavy atom. The Kier molecular flexibility index (Phi) is 2.52. The number of ether oxygens (including phenoxy) is 2. The molecule has 0 atom stereocenters. The molecule has 0 saturated heterocycles.